The van der Waals surface area contributed by atoms with E-state index in [2.05, 4.69) is 5.16 Å². The Morgan fingerprint density at radius 2 is 1.68 bits per heavy atom. The first-order valence-corrected chi connectivity index (χ1v) is 8.96. The number of ketones is 1. The Bertz CT molecular complexity index is 1160. The van der Waals surface area contributed by atoms with Gasteiger partial charge in [-0.1, -0.05) is 59.8 Å². The van der Waals surface area contributed by atoms with E-state index in [1.807, 2.05) is 60.7 Å². The number of nitrogens with zero attached hydrogens (tertiary/aromatic N) is 1. The number of Topliss-reactive ketones (excluding diaryl/α,β-unsaturated/α-hetero) is 1. The summed E-state index contributed by atoms with van der Waals surface area (Å²) in [5, 5.41) is 13.3. The van der Waals surface area contributed by atoms with Crippen molar-refractivity contribution in [1.82, 2.24) is 5.16 Å². The lowest BCUT2D eigenvalue weighted by atomic mass is 9.98. The van der Waals surface area contributed by atoms with Crippen LogP contribution in [-0.4, -0.2) is 16.8 Å². The van der Waals surface area contributed by atoms with Crippen molar-refractivity contribution in [1.29, 1.82) is 5.41 Å². The molecule has 4 aromatic rings. The maximum absolute atomic E-state index is 12.6. The van der Waals surface area contributed by atoms with E-state index in [0.717, 1.165) is 33.0 Å². The number of amidine groups is 1. The molecule has 0 aliphatic carbocycles. The molecule has 0 saturated heterocycles. The molecule has 0 atom stereocenters. The molecule has 0 spiro atoms. The Balaban J connectivity index is 1.48. The second-order valence-corrected chi connectivity index (χ2v) is 6.82. The number of benzene rings is 3. The summed E-state index contributed by atoms with van der Waals surface area (Å²) in [6.07, 6.45) is 4.00. The van der Waals surface area contributed by atoms with Crippen LogP contribution in [0.5, 0.6) is 0 Å². The number of carbonyl (C=O) groups is 1. The Morgan fingerprint density at radius 1 is 0.929 bits per heavy atom. The zero-order chi connectivity index (χ0) is 19.5. The van der Waals surface area contributed by atoms with E-state index < -0.39 is 0 Å². The predicted octanol–water partition coefficient (Wildman–Crippen LogP) is 4.13. The Labute approximate surface area is 162 Å². The SMILES string of the molecule is N=C(N)c1ccc2cc(CC(=O)Cc3cccc(-c4cnoc4)c3)ccc2c1. The van der Waals surface area contributed by atoms with E-state index in [9.17, 15) is 4.79 Å². The van der Waals surface area contributed by atoms with Crippen molar-refractivity contribution >= 4 is 22.4 Å². The fourth-order valence-corrected chi connectivity index (χ4v) is 3.30. The second-order valence-electron chi connectivity index (χ2n) is 6.82. The molecular weight excluding hydrogens is 350 g/mol. The minimum Gasteiger partial charge on any atom is -0.384 e. The number of nitrogens with two attached hydrogens (primary N) is 1. The molecule has 3 aromatic carbocycles. The van der Waals surface area contributed by atoms with Crippen LogP contribution in [0.4, 0.5) is 0 Å². The lowest BCUT2D eigenvalue weighted by molar-refractivity contribution is -0.117. The molecule has 0 fully saturated rings. The molecular formula is C23H19N3O2. The first-order chi connectivity index (χ1) is 13.6. The molecule has 28 heavy (non-hydrogen) atoms. The van der Waals surface area contributed by atoms with Gasteiger partial charge in [0.15, 0.2) is 0 Å². The van der Waals surface area contributed by atoms with Gasteiger partial charge < -0.3 is 10.3 Å². The molecule has 5 nitrogen and oxygen atoms in total. The first kappa shape index (κ1) is 17.7. The fraction of sp³-hybridized carbons (Fsp3) is 0.0870. The lowest BCUT2D eigenvalue weighted by Crippen LogP contribution is -2.10. The third-order valence-electron chi connectivity index (χ3n) is 4.71. The van der Waals surface area contributed by atoms with E-state index in [1.54, 1.807) is 12.5 Å². The van der Waals surface area contributed by atoms with Crippen molar-refractivity contribution < 1.29 is 9.32 Å². The molecule has 4 rings (SSSR count). The number of rotatable bonds is 6. The Morgan fingerprint density at radius 3 is 2.43 bits per heavy atom. The third-order valence-corrected chi connectivity index (χ3v) is 4.71. The van der Waals surface area contributed by atoms with E-state index in [-0.39, 0.29) is 11.6 Å². The van der Waals surface area contributed by atoms with E-state index >= 15 is 0 Å². The summed E-state index contributed by atoms with van der Waals surface area (Å²) < 4.78 is 4.89. The highest BCUT2D eigenvalue weighted by Gasteiger charge is 2.09. The number of nitrogen functional groups attached to an aromatic ring is 1. The van der Waals surface area contributed by atoms with Gasteiger partial charge in [-0.05, 0) is 33.5 Å². The first-order valence-electron chi connectivity index (χ1n) is 8.96. The quantitative estimate of drug-likeness (QED) is 0.395. The van der Waals surface area contributed by atoms with Crippen LogP contribution >= 0.6 is 0 Å². The van der Waals surface area contributed by atoms with Crippen molar-refractivity contribution in [3.8, 4) is 11.1 Å². The summed E-state index contributed by atoms with van der Waals surface area (Å²) in [7, 11) is 0. The van der Waals surface area contributed by atoms with Crippen LogP contribution in [0.15, 0.2) is 77.6 Å². The highest BCUT2D eigenvalue weighted by atomic mass is 16.5. The van der Waals surface area contributed by atoms with E-state index in [0.29, 0.717) is 18.4 Å². The van der Waals surface area contributed by atoms with Crippen LogP contribution in [-0.2, 0) is 17.6 Å². The number of hydrogen-bond donors (Lipinski definition) is 2. The summed E-state index contributed by atoms with van der Waals surface area (Å²) in [5.41, 5.74) is 10.1. The Kier molecular flexibility index (Phi) is 4.72. The second kappa shape index (κ2) is 7.48. The van der Waals surface area contributed by atoms with Crippen LogP contribution < -0.4 is 5.73 Å². The van der Waals surface area contributed by atoms with Crippen molar-refractivity contribution in [2.45, 2.75) is 12.8 Å². The van der Waals surface area contributed by atoms with Gasteiger partial charge in [-0.2, -0.15) is 0 Å². The van der Waals surface area contributed by atoms with Crippen LogP contribution in [0.3, 0.4) is 0 Å². The number of nitrogens with one attached hydrogen (secondary N) is 1. The smallest absolute Gasteiger partial charge is 0.141 e. The minimum absolute atomic E-state index is 0.0505. The zero-order valence-corrected chi connectivity index (χ0v) is 15.2. The summed E-state index contributed by atoms with van der Waals surface area (Å²) in [6.45, 7) is 0. The number of fused-ring (bicyclic) bond motifs is 1. The van der Waals surface area contributed by atoms with Crippen LogP contribution in [0.1, 0.15) is 16.7 Å². The standard InChI is InChI=1S/C23H19N3O2/c24-23(25)20-7-6-18-9-16(4-5-19(18)12-20)11-22(27)10-15-2-1-3-17(8-15)21-13-26-28-14-21/h1-9,12-14H,10-11H2,(H3,24,25). The molecule has 0 aliphatic heterocycles. The Hall–Kier alpha value is -3.73. The average molecular weight is 369 g/mol. The van der Waals surface area contributed by atoms with Gasteiger partial charge in [0.1, 0.15) is 17.9 Å². The average Bonchev–Trinajstić information content (AvgIpc) is 3.22. The lowest BCUT2D eigenvalue weighted by Gasteiger charge is -2.07. The van der Waals surface area contributed by atoms with Crippen LogP contribution in [0.25, 0.3) is 21.9 Å². The number of carbonyl (C=O) groups excluding carboxylic acids is 1. The van der Waals surface area contributed by atoms with Crippen molar-refractivity contribution in [3.05, 3.63) is 89.8 Å². The highest BCUT2D eigenvalue weighted by Crippen LogP contribution is 2.21. The molecule has 0 saturated carbocycles. The van der Waals surface area contributed by atoms with Gasteiger partial charge >= 0.3 is 0 Å². The maximum atomic E-state index is 12.6. The largest absolute Gasteiger partial charge is 0.384 e. The van der Waals surface area contributed by atoms with Gasteiger partial charge in [0.05, 0.1) is 6.20 Å². The van der Waals surface area contributed by atoms with E-state index in [1.165, 1.54) is 0 Å². The van der Waals surface area contributed by atoms with Gasteiger partial charge in [0, 0.05) is 24.0 Å². The van der Waals surface area contributed by atoms with Gasteiger partial charge in [-0.15, -0.1) is 0 Å². The molecule has 5 heteroatoms. The molecule has 0 amide bonds. The molecule has 0 unspecified atom stereocenters. The van der Waals surface area contributed by atoms with Gasteiger partial charge in [-0.3, -0.25) is 10.2 Å². The normalized spacial score (nSPS) is 10.9. The molecule has 1 heterocycles. The maximum Gasteiger partial charge on any atom is 0.141 e. The van der Waals surface area contributed by atoms with Crippen molar-refractivity contribution in [2.24, 2.45) is 5.73 Å². The number of hydrogen-bond acceptors (Lipinski definition) is 4. The summed E-state index contributed by atoms with van der Waals surface area (Å²) in [4.78, 5) is 12.6. The summed E-state index contributed by atoms with van der Waals surface area (Å²) in [5.74, 6) is 0.205. The highest BCUT2D eigenvalue weighted by molar-refractivity contribution is 5.99. The summed E-state index contributed by atoms with van der Waals surface area (Å²) >= 11 is 0. The minimum atomic E-state index is 0.0505. The molecule has 1 aromatic heterocycles. The summed E-state index contributed by atoms with van der Waals surface area (Å²) in [6, 6.07) is 19.5. The topological polar surface area (TPSA) is 93.0 Å². The van der Waals surface area contributed by atoms with E-state index in [4.69, 9.17) is 15.7 Å². The molecule has 0 bridgehead atoms. The monoisotopic (exact) mass is 369 g/mol. The number of aromatic nitrogens is 1. The van der Waals surface area contributed by atoms with Crippen LogP contribution in [0, 0.1) is 5.41 Å². The fourth-order valence-electron chi connectivity index (χ4n) is 3.30. The predicted molar refractivity (Wildman–Crippen MR) is 109 cm³/mol. The van der Waals surface area contributed by atoms with Crippen LogP contribution in [0.2, 0.25) is 0 Å². The molecule has 0 aliphatic rings. The molecule has 138 valence electrons. The zero-order valence-electron chi connectivity index (χ0n) is 15.2. The van der Waals surface area contributed by atoms with Gasteiger partial charge in [-0.25, -0.2) is 0 Å². The van der Waals surface area contributed by atoms with Crippen molar-refractivity contribution in [2.75, 3.05) is 0 Å². The van der Waals surface area contributed by atoms with Crippen molar-refractivity contribution in [3.63, 3.8) is 0 Å². The molecule has 0 radical (unpaired) electrons. The molecule has 3 N–H and O–H groups in total. The third kappa shape index (κ3) is 3.83. The van der Waals surface area contributed by atoms with Gasteiger partial charge in [0.25, 0.3) is 0 Å². The van der Waals surface area contributed by atoms with Gasteiger partial charge in [0.2, 0.25) is 0 Å².